The normalized spacial score (nSPS) is 25.7. The number of allylic oxidation sites excluding steroid dienone is 1. The van der Waals surface area contributed by atoms with Crippen LogP contribution in [0.3, 0.4) is 0 Å². The van der Waals surface area contributed by atoms with Gasteiger partial charge in [-0.3, -0.25) is 19.2 Å². The Hall–Kier alpha value is -4.42. The van der Waals surface area contributed by atoms with Crippen LogP contribution in [0.5, 0.6) is 5.75 Å². The van der Waals surface area contributed by atoms with Gasteiger partial charge < -0.3 is 25.0 Å². The lowest BCUT2D eigenvalue weighted by atomic mass is 9.83. The summed E-state index contributed by atoms with van der Waals surface area (Å²) in [6, 6.07) is 6.52. The minimum atomic E-state index is -4.94. The van der Waals surface area contributed by atoms with Gasteiger partial charge in [0.2, 0.25) is 11.8 Å². The first-order valence-electron chi connectivity index (χ1n) is 16.1. The van der Waals surface area contributed by atoms with Crippen molar-refractivity contribution in [3.8, 4) is 5.75 Å². The summed E-state index contributed by atoms with van der Waals surface area (Å²) in [6.07, 6.45) is 1.25. The summed E-state index contributed by atoms with van der Waals surface area (Å²) in [7, 11) is 2.72. The van der Waals surface area contributed by atoms with Gasteiger partial charge in [0.15, 0.2) is 0 Å². The van der Waals surface area contributed by atoms with Crippen molar-refractivity contribution in [1.82, 2.24) is 10.2 Å². The zero-order chi connectivity index (χ0) is 34.3. The summed E-state index contributed by atoms with van der Waals surface area (Å²) >= 11 is 0. The van der Waals surface area contributed by atoms with E-state index < -0.39 is 41.3 Å². The first-order chi connectivity index (χ1) is 22.9. The Labute approximate surface area is 275 Å². The van der Waals surface area contributed by atoms with Crippen LogP contribution in [-0.2, 0) is 31.7 Å². The van der Waals surface area contributed by atoms with E-state index in [2.05, 4.69) is 16.7 Å². The van der Waals surface area contributed by atoms with Crippen molar-refractivity contribution in [3.05, 3.63) is 70.6 Å². The number of alkyl halides is 3. The lowest BCUT2D eigenvalue weighted by molar-refractivity contribution is -0.145. The fraction of sp³-hybridized carbons (Fsp3) is 0.486. The van der Waals surface area contributed by atoms with E-state index in [1.807, 2.05) is 0 Å². The number of hydrogen-bond donors (Lipinski definition) is 2. The highest BCUT2D eigenvalue weighted by atomic mass is 19.4. The molecule has 2 N–H and O–H groups in total. The fourth-order valence-corrected chi connectivity index (χ4v) is 7.51. The number of amides is 3. The van der Waals surface area contributed by atoms with Gasteiger partial charge >= 0.3 is 12.1 Å². The van der Waals surface area contributed by atoms with Crippen LogP contribution in [0.25, 0.3) is 0 Å². The molecule has 0 unspecified atom stereocenters. The Morgan fingerprint density at radius 2 is 1.73 bits per heavy atom. The highest BCUT2D eigenvalue weighted by molar-refractivity contribution is 5.99. The molecule has 1 heterocycles. The van der Waals surface area contributed by atoms with E-state index in [1.165, 1.54) is 14.2 Å². The molecule has 2 aromatic carbocycles. The quantitative estimate of drug-likeness (QED) is 0.217. The largest absolute Gasteiger partial charge is 0.496 e. The molecule has 9 nitrogen and oxygen atoms in total. The molecule has 5 atom stereocenters. The fourth-order valence-electron chi connectivity index (χ4n) is 7.51. The van der Waals surface area contributed by atoms with Crippen molar-refractivity contribution in [2.45, 2.75) is 50.7 Å². The number of methoxy groups -OCH3 is 2. The predicted octanol–water partition coefficient (Wildman–Crippen LogP) is 5.15. The van der Waals surface area contributed by atoms with Crippen molar-refractivity contribution < 1.29 is 46.2 Å². The second-order valence-electron chi connectivity index (χ2n) is 13.1. The summed E-state index contributed by atoms with van der Waals surface area (Å²) in [4.78, 5) is 54.3. The van der Waals surface area contributed by atoms with Gasteiger partial charge in [0, 0.05) is 30.7 Å². The van der Waals surface area contributed by atoms with Gasteiger partial charge in [0.25, 0.3) is 5.91 Å². The molecule has 4 aliphatic rings. The third-order valence-corrected chi connectivity index (χ3v) is 10.0. The number of esters is 1. The second-order valence-corrected chi connectivity index (χ2v) is 13.1. The first-order valence-corrected chi connectivity index (χ1v) is 16.1. The van der Waals surface area contributed by atoms with E-state index >= 15 is 0 Å². The molecule has 0 spiro atoms. The van der Waals surface area contributed by atoms with Gasteiger partial charge in [-0.1, -0.05) is 17.7 Å². The maximum Gasteiger partial charge on any atom is 0.419 e. The van der Waals surface area contributed by atoms with Gasteiger partial charge in [-0.25, -0.2) is 4.39 Å². The Morgan fingerprint density at radius 1 is 0.979 bits per heavy atom. The molecular weight excluding hydrogens is 634 g/mol. The van der Waals surface area contributed by atoms with Crippen molar-refractivity contribution in [3.63, 3.8) is 0 Å². The Kier molecular flexibility index (Phi) is 9.23. The summed E-state index contributed by atoms with van der Waals surface area (Å²) in [6.45, 7) is 0.677. The third kappa shape index (κ3) is 6.77. The predicted molar refractivity (Wildman–Crippen MR) is 165 cm³/mol. The number of halogens is 4. The van der Waals surface area contributed by atoms with Crippen LogP contribution in [0, 0.1) is 35.4 Å². The molecule has 4 fully saturated rings. The molecule has 3 aliphatic carbocycles. The maximum atomic E-state index is 13.9. The summed E-state index contributed by atoms with van der Waals surface area (Å²) in [5, 5.41) is 5.59. The summed E-state index contributed by atoms with van der Waals surface area (Å²) in [5.74, 6) is -3.91. The number of nitrogens with one attached hydrogen (secondary N) is 2. The average molecular weight is 672 g/mol. The number of ether oxygens (including phenoxy) is 2. The Morgan fingerprint density at radius 3 is 2.42 bits per heavy atom. The number of rotatable bonds is 9. The zero-order valence-corrected chi connectivity index (χ0v) is 26.6. The molecule has 3 saturated carbocycles. The lowest BCUT2D eigenvalue weighted by Crippen LogP contribution is -2.48. The van der Waals surface area contributed by atoms with Crippen molar-refractivity contribution >= 4 is 29.4 Å². The number of anilines is 1. The Balaban J connectivity index is 1.22. The van der Waals surface area contributed by atoms with Gasteiger partial charge in [0.1, 0.15) is 11.6 Å². The maximum absolute atomic E-state index is 13.9. The van der Waals surface area contributed by atoms with E-state index in [0.29, 0.717) is 43.0 Å². The lowest BCUT2D eigenvalue weighted by Gasteiger charge is -2.30. The van der Waals surface area contributed by atoms with Crippen LogP contribution in [0.1, 0.15) is 53.6 Å². The number of carbonyl (C=O) groups excluding carboxylic acids is 4. The first kappa shape index (κ1) is 33.5. The number of likely N-dealkylation sites (tertiary alicyclic amines) is 1. The highest BCUT2D eigenvalue weighted by Gasteiger charge is 2.55. The number of benzene rings is 2. The molecule has 48 heavy (non-hydrogen) atoms. The topological polar surface area (TPSA) is 114 Å². The molecular formula is C35H37F4N3O6. The standard InChI is InChI=1S/C35H37F4N3O6/c1-47-28-10-5-19(15-29(43)42-12-11-20(17-42)34(46)48-2)14-25(28)32(44)41-31-23-8-7-22(24(23)13-18-3-4-18)30(31)33(45)40-21-6-9-27(36)26(16-21)35(37,38)39/h5-6,9-10,13-14,16,18,20,22-23,30-31H,3-4,7-8,11-12,15,17H2,1-2H3,(H,40,45)(H,41,44)/b24-13-/t20-,22+,23-,30+,31-/m1/s1. The molecule has 0 aromatic heterocycles. The van der Waals surface area contributed by atoms with Gasteiger partial charge in [-0.2, -0.15) is 13.2 Å². The molecule has 2 bridgehead atoms. The van der Waals surface area contributed by atoms with Crippen LogP contribution >= 0.6 is 0 Å². The number of hydrogen-bond acceptors (Lipinski definition) is 6. The molecule has 13 heteroatoms. The van der Waals surface area contributed by atoms with Crippen LogP contribution in [0.2, 0.25) is 0 Å². The smallest absolute Gasteiger partial charge is 0.419 e. The van der Waals surface area contributed by atoms with Crippen molar-refractivity contribution in [2.75, 3.05) is 32.6 Å². The monoisotopic (exact) mass is 671 g/mol. The molecule has 256 valence electrons. The van der Waals surface area contributed by atoms with Gasteiger partial charge in [0.05, 0.1) is 43.6 Å². The van der Waals surface area contributed by atoms with Crippen LogP contribution < -0.4 is 15.4 Å². The minimum absolute atomic E-state index is 0.0107. The molecule has 0 radical (unpaired) electrons. The van der Waals surface area contributed by atoms with E-state index in [-0.39, 0.29) is 59.6 Å². The minimum Gasteiger partial charge on any atom is -0.496 e. The van der Waals surface area contributed by atoms with E-state index in [0.717, 1.165) is 30.9 Å². The molecule has 6 rings (SSSR count). The number of fused-ring (bicyclic) bond motifs is 2. The summed E-state index contributed by atoms with van der Waals surface area (Å²) < 4.78 is 64.3. The highest BCUT2D eigenvalue weighted by Crippen LogP contribution is 2.54. The SMILES string of the molecule is COC(=O)[C@@H]1CCN(C(=O)Cc2ccc(OC)c(C(=O)N[C@H]3[C@@H](C(=O)Nc4ccc(F)c(C(F)(F)F)c4)[C@H]4CC[C@@H]3/C4=C\C3CC3)c2)C1. The Bertz CT molecular complexity index is 1660. The molecule has 2 aromatic rings. The molecule has 1 aliphatic heterocycles. The van der Waals surface area contributed by atoms with Gasteiger partial charge in [-0.15, -0.1) is 0 Å². The number of nitrogens with zero attached hydrogens (tertiary/aromatic N) is 1. The average Bonchev–Trinajstić information content (AvgIpc) is 3.46. The van der Waals surface area contributed by atoms with E-state index in [4.69, 9.17) is 9.47 Å². The zero-order valence-electron chi connectivity index (χ0n) is 26.6. The van der Waals surface area contributed by atoms with Crippen molar-refractivity contribution in [1.29, 1.82) is 0 Å². The van der Waals surface area contributed by atoms with Crippen molar-refractivity contribution in [2.24, 2.45) is 29.6 Å². The van der Waals surface area contributed by atoms with Gasteiger partial charge in [-0.05, 0) is 79.8 Å². The van der Waals surface area contributed by atoms with E-state index in [9.17, 15) is 36.7 Å². The van der Waals surface area contributed by atoms with E-state index in [1.54, 1.807) is 23.1 Å². The van der Waals surface area contributed by atoms with Crippen LogP contribution in [0.15, 0.2) is 48.0 Å². The third-order valence-electron chi connectivity index (χ3n) is 10.0. The molecule has 3 amide bonds. The number of carbonyl (C=O) groups is 4. The summed E-state index contributed by atoms with van der Waals surface area (Å²) in [5.41, 5.74) is 0.135. The molecule has 1 saturated heterocycles. The van der Waals surface area contributed by atoms with Crippen LogP contribution in [0.4, 0.5) is 23.2 Å². The van der Waals surface area contributed by atoms with Crippen LogP contribution in [-0.4, -0.2) is 61.9 Å². The second kappa shape index (κ2) is 13.2.